The van der Waals surface area contributed by atoms with Gasteiger partial charge in [-0.1, -0.05) is 50.6 Å². The third-order valence-electron chi connectivity index (χ3n) is 6.09. The number of aryl methyl sites for hydroxylation is 1. The summed E-state index contributed by atoms with van der Waals surface area (Å²) in [6, 6.07) is 7.88. The fourth-order valence-electron chi connectivity index (χ4n) is 4.06. The smallest absolute Gasteiger partial charge is 0.273 e. The molecule has 0 spiro atoms. The first kappa shape index (κ1) is 24.5. The van der Waals surface area contributed by atoms with E-state index >= 15 is 0 Å². The Hall–Kier alpha value is -3.16. The minimum Gasteiger partial charge on any atom is -0.354 e. The lowest BCUT2D eigenvalue weighted by molar-refractivity contribution is -0.132. The van der Waals surface area contributed by atoms with Crippen LogP contribution in [0.15, 0.2) is 30.6 Å². The first-order chi connectivity index (χ1) is 15.7. The fraction of sp³-hybridized carbons (Fsp3) is 0.520. The molecule has 1 aliphatic rings. The third kappa shape index (κ3) is 5.26. The number of imidazole rings is 1. The molecule has 3 rings (SSSR count). The van der Waals surface area contributed by atoms with Gasteiger partial charge in [0.15, 0.2) is 5.69 Å². The summed E-state index contributed by atoms with van der Waals surface area (Å²) in [5, 5.41) is 5.85. The van der Waals surface area contributed by atoms with Crippen molar-refractivity contribution in [1.82, 2.24) is 25.1 Å². The topological polar surface area (TPSA) is 96.3 Å². The monoisotopic (exact) mass is 453 g/mol. The normalized spacial score (nSPS) is 17.8. The molecule has 1 aliphatic heterocycles. The van der Waals surface area contributed by atoms with E-state index < -0.39 is 11.4 Å². The van der Waals surface area contributed by atoms with Crippen molar-refractivity contribution < 1.29 is 14.4 Å². The molecule has 1 aromatic heterocycles. The van der Waals surface area contributed by atoms with Crippen LogP contribution in [0.2, 0.25) is 0 Å². The summed E-state index contributed by atoms with van der Waals surface area (Å²) in [6.07, 6.45) is 3.05. The van der Waals surface area contributed by atoms with Crippen molar-refractivity contribution in [2.24, 2.45) is 5.92 Å². The zero-order valence-corrected chi connectivity index (χ0v) is 20.3. The van der Waals surface area contributed by atoms with Crippen LogP contribution in [0.5, 0.6) is 0 Å². The molecule has 2 heterocycles. The molecule has 0 bridgehead atoms. The van der Waals surface area contributed by atoms with Gasteiger partial charge in [0.2, 0.25) is 5.91 Å². The maximum atomic E-state index is 13.5. The number of rotatable bonds is 9. The molecule has 178 valence electrons. The molecule has 1 aromatic carbocycles. The summed E-state index contributed by atoms with van der Waals surface area (Å²) in [7, 11) is 0. The van der Waals surface area contributed by atoms with Crippen molar-refractivity contribution in [3.8, 4) is 0 Å². The highest BCUT2D eigenvalue weighted by Gasteiger charge is 2.48. The van der Waals surface area contributed by atoms with Gasteiger partial charge in [-0.3, -0.25) is 14.4 Å². The van der Waals surface area contributed by atoms with Gasteiger partial charge in [-0.25, -0.2) is 4.98 Å². The van der Waals surface area contributed by atoms with Gasteiger partial charge in [-0.05, 0) is 38.2 Å². The van der Waals surface area contributed by atoms with Crippen molar-refractivity contribution >= 4 is 17.7 Å². The number of carbonyl (C=O) groups excluding carboxylic acids is 3. The van der Waals surface area contributed by atoms with Crippen LogP contribution in [0, 0.1) is 12.8 Å². The first-order valence-corrected chi connectivity index (χ1v) is 11.7. The molecule has 3 amide bonds. The lowest BCUT2D eigenvalue weighted by atomic mass is 9.93. The van der Waals surface area contributed by atoms with E-state index in [1.165, 1.54) is 6.33 Å². The van der Waals surface area contributed by atoms with E-state index in [4.69, 9.17) is 0 Å². The Kier molecular flexibility index (Phi) is 7.56. The van der Waals surface area contributed by atoms with E-state index in [2.05, 4.69) is 29.5 Å². The number of nitrogens with zero attached hydrogens (tertiary/aromatic N) is 3. The average molecular weight is 454 g/mol. The number of amides is 3. The zero-order chi connectivity index (χ0) is 24.2. The number of nitrogens with one attached hydrogen (secondary N) is 2. The molecule has 2 N–H and O–H groups in total. The minimum atomic E-state index is -1.05. The molecule has 0 saturated carbocycles. The van der Waals surface area contributed by atoms with Crippen molar-refractivity contribution in [2.75, 3.05) is 13.1 Å². The highest BCUT2D eigenvalue weighted by Crippen LogP contribution is 2.29. The second-order valence-electron chi connectivity index (χ2n) is 9.41. The number of hydrogen-bond donors (Lipinski definition) is 2. The molecule has 8 heteroatoms. The number of benzene rings is 1. The third-order valence-corrected chi connectivity index (χ3v) is 6.09. The van der Waals surface area contributed by atoms with Gasteiger partial charge in [0.25, 0.3) is 11.8 Å². The van der Waals surface area contributed by atoms with Crippen LogP contribution in [0.1, 0.15) is 72.6 Å². The van der Waals surface area contributed by atoms with E-state index in [1.54, 1.807) is 16.4 Å². The van der Waals surface area contributed by atoms with Crippen molar-refractivity contribution in [2.45, 2.75) is 66.1 Å². The molecule has 2 aromatic rings. The molecule has 1 atom stereocenters. The van der Waals surface area contributed by atoms with Crippen LogP contribution >= 0.6 is 0 Å². The lowest BCUT2D eigenvalue weighted by Crippen LogP contribution is -2.64. The molecule has 0 fully saturated rings. The van der Waals surface area contributed by atoms with E-state index in [0.717, 1.165) is 17.5 Å². The zero-order valence-electron chi connectivity index (χ0n) is 20.3. The summed E-state index contributed by atoms with van der Waals surface area (Å²) in [5.41, 5.74) is 1.39. The average Bonchev–Trinajstić information content (AvgIpc) is 3.19. The number of fused-ring (bicyclic) bond motifs is 1. The quantitative estimate of drug-likeness (QED) is 0.610. The predicted octanol–water partition coefficient (Wildman–Crippen LogP) is 2.91. The molecular formula is C25H35N5O3. The molecular weight excluding hydrogens is 418 g/mol. The van der Waals surface area contributed by atoms with Crippen LogP contribution in [0.25, 0.3) is 0 Å². The summed E-state index contributed by atoms with van der Waals surface area (Å²) in [4.78, 5) is 45.4. The second kappa shape index (κ2) is 10.2. The summed E-state index contributed by atoms with van der Waals surface area (Å²) in [6.45, 7) is 11.5. The van der Waals surface area contributed by atoms with Gasteiger partial charge in [0.05, 0.1) is 12.9 Å². The molecule has 0 aliphatic carbocycles. The van der Waals surface area contributed by atoms with E-state index in [9.17, 15) is 14.4 Å². The van der Waals surface area contributed by atoms with Crippen LogP contribution < -0.4 is 10.6 Å². The summed E-state index contributed by atoms with van der Waals surface area (Å²) < 4.78 is 1.64. The molecule has 8 nitrogen and oxygen atoms in total. The fourth-order valence-corrected chi connectivity index (χ4v) is 4.06. The van der Waals surface area contributed by atoms with Gasteiger partial charge < -0.3 is 20.1 Å². The van der Waals surface area contributed by atoms with Crippen LogP contribution in [-0.2, 0) is 17.9 Å². The van der Waals surface area contributed by atoms with Crippen LogP contribution in [0.4, 0.5) is 0 Å². The predicted molar refractivity (Wildman–Crippen MR) is 127 cm³/mol. The molecule has 1 unspecified atom stereocenters. The molecule has 0 radical (unpaired) electrons. The largest absolute Gasteiger partial charge is 0.354 e. The maximum Gasteiger partial charge on any atom is 0.273 e. The Morgan fingerprint density at radius 2 is 1.88 bits per heavy atom. The standard InChI is InChI=1S/C25H35N5O3/c1-6-13-30-23(32)21-20(22(31)27-14-19-9-7-18(4)8-10-19)28-16-29(21)15-25(30,5)24(33)26-12-11-17(2)3/h7-10,16-17H,6,11-15H2,1-5H3,(H,26,33)(H,27,31). The van der Waals surface area contributed by atoms with E-state index in [1.807, 2.05) is 38.1 Å². The Morgan fingerprint density at radius 1 is 1.18 bits per heavy atom. The van der Waals surface area contributed by atoms with Crippen LogP contribution in [0.3, 0.4) is 0 Å². The highest BCUT2D eigenvalue weighted by atomic mass is 16.2. The number of aromatic nitrogens is 2. The number of carbonyl (C=O) groups is 3. The van der Waals surface area contributed by atoms with E-state index in [-0.39, 0.29) is 29.7 Å². The van der Waals surface area contributed by atoms with Crippen molar-refractivity contribution in [1.29, 1.82) is 0 Å². The summed E-state index contributed by atoms with van der Waals surface area (Å²) >= 11 is 0. The molecule has 0 saturated heterocycles. The molecule has 33 heavy (non-hydrogen) atoms. The van der Waals surface area contributed by atoms with Crippen molar-refractivity contribution in [3.63, 3.8) is 0 Å². The second-order valence-corrected chi connectivity index (χ2v) is 9.41. The van der Waals surface area contributed by atoms with Gasteiger partial charge in [0, 0.05) is 19.6 Å². The number of hydrogen-bond acceptors (Lipinski definition) is 4. The Morgan fingerprint density at radius 3 is 2.52 bits per heavy atom. The van der Waals surface area contributed by atoms with Crippen molar-refractivity contribution in [3.05, 3.63) is 53.1 Å². The lowest BCUT2D eigenvalue weighted by Gasteiger charge is -2.43. The van der Waals surface area contributed by atoms with Gasteiger partial charge >= 0.3 is 0 Å². The van der Waals surface area contributed by atoms with Gasteiger partial charge in [-0.15, -0.1) is 0 Å². The van der Waals surface area contributed by atoms with Crippen LogP contribution in [-0.4, -0.2) is 50.8 Å². The Labute approximate surface area is 195 Å². The van der Waals surface area contributed by atoms with Gasteiger partial charge in [-0.2, -0.15) is 0 Å². The highest BCUT2D eigenvalue weighted by molar-refractivity contribution is 6.07. The maximum absolute atomic E-state index is 13.5. The SMILES string of the molecule is CCCN1C(=O)c2c(C(=O)NCc3ccc(C)cc3)ncn2CC1(C)C(=O)NCCC(C)C. The minimum absolute atomic E-state index is 0.0930. The first-order valence-electron chi connectivity index (χ1n) is 11.7. The summed E-state index contributed by atoms with van der Waals surface area (Å²) in [5.74, 6) is -0.463. The Balaban J connectivity index is 1.81. The van der Waals surface area contributed by atoms with E-state index in [0.29, 0.717) is 32.0 Å². The van der Waals surface area contributed by atoms with Gasteiger partial charge in [0.1, 0.15) is 11.2 Å². The Bertz CT molecular complexity index is 1010.